The first kappa shape index (κ1) is 18.8. The van der Waals surface area contributed by atoms with Gasteiger partial charge in [-0.1, -0.05) is 40.2 Å². The quantitative estimate of drug-likeness (QED) is 0.756. The van der Waals surface area contributed by atoms with Crippen molar-refractivity contribution in [3.05, 3.63) is 58.6 Å². The van der Waals surface area contributed by atoms with Crippen LogP contribution < -0.4 is 15.2 Å². The Morgan fingerprint density at radius 3 is 2.22 bits per heavy atom. The second-order valence-corrected chi connectivity index (χ2v) is 8.48. The molecule has 2 N–H and O–H groups in total. The number of fused-ring (bicyclic) bond motifs is 1. The minimum Gasteiger partial charge on any atom is -0.444 e. The number of nitrogens with zero attached hydrogens (tertiary/aromatic N) is 1. The molecule has 2 heterocycles. The van der Waals surface area contributed by atoms with Crippen LogP contribution >= 0.6 is 15.9 Å². The molecule has 4 nitrogen and oxygen atoms in total. The zero-order valence-electron chi connectivity index (χ0n) is 15.7. The number of benzene rings is 2. The van der Waals surface area contributed by atoms with E-state index in [1.807, 2.05) is 24.3 Å². The summed E-state index contributed by atoms with van der Waals surface area (Å²) >= 11 is 3.54. The summed E-state index contributed by atoms with van der Waals surface area (Å²) in [6, 6.07) is 16.9. The first-order valence-corrected chi connectivity index (χ1v) is 10.6. The average Bonchev–Trinajstić information content (AvgIpc) is 3.09. The van der Waals surface area contributed by atoms with Crippen molar-refractivity contribution >= 4 is 15.9 Å². The molecule has 1 fully saturated rings. The fraction of sp³-hybridized carbons (Fsp3) is 0.455. The lowest BCUT2D eigenvalue weighted by Crippen LogP contribution is -2.50. The molecule has 144 valence electrons. The summed E-state index contributed by atoms with van der Waals surface area (Å²) in [5.74, 6) is 1.22. The van der Waals surface area contributed by atoms with Crippen LogP contribution in [0.1, 0.15) is 31.7 Å². The first-order chi connectivity index (χ1) is 13.1. The van der Waals surface area contributed by atoms with Crippen LogP contribution in [-0.4, -0.2) is 30.6 Å². The molecule has 0 amide bonds. The molecule has 1 saturated heterocycles. The minimum absolute atomic E-state index is 0.299. The van der Waals surface area contributed by atoms with E-state index in [0.717, 1.165) is 60.4 Å². The molecule has 2 aliphatic heterocycles. The Morgan fingerprint density at radius 1 is 1.07 bits per heavy atom. The average molecular weight is 431 g/mol. The molecule has 1 unspecified atom stereocenters. The fourth-order valence-corrected chi connectivity index (χ4v) is 4.58. The van der Waals surface area contributed by atoms with Gasteiger partial charge in [0.15, 0.2) is 11.5 Å². The van der Waals surface area contributed by atoms with E-state index in [1.54, 1.807) is 0 Å². The molecular weight excluding hydrogens is 404 g/mol. The highest BCUT2D eigenvalue weighted by molar-refractivity contribution is 9.10. The van der Waals surface area contributed by atoms with E-state index < -0.39 is 5.79 Å². The Kier molecular flexibility index (Phi) is 5.44. The summed E-state index contributed by atoms with van der Waals surface area (Å²) in [7, 11) is 0. The molecule has 0 radical (unpaired) electrons. The van der Waals surface area contributed by atoms with Gasteiger partial charge in [0.25, 0.3) is 5.79 Å². The van der Waals surface area contributed by atoms with Crippen LogP contribution in [0.2, 0.25) is 0 Å². The smallest absolute Gasteiger partial charge is 0.281 e. The van der Waals surface area contributed by atoms with Gasteiger partial charge in [-0.05, 0) is 70.1 Å². The number of piperidine rings is 1. The molecule has 1 atom stereocenters. The number of hydrogen-bond acceptors (Lipinski definition) is 4. The van der Waals surface area contributed by atoms with Crippen molar-refractivity contribution in [2.45, 2.75) is 38.0 Å². The van der Waals surface area contributed by atoms with E-state index in [2.05, 4.69) is 52.0 Å². The second-order valence-electron chi connectivity index (χ2n) is 7.56. The molecule has 2 aliphatic rings. The van der Waals surface area contributed by atoms with Crippen LogP contribution in [0.3, 0.4) is 0 Å². The molecule has 2 aromatic carbocycles. The Labute approximate surface area is 169 Å². The summed E-state index contributed by atoms with van der Waals surface area (Å²) in [5, 5.41) is 0. The number of hydrogen-bond donors (Lipinski definition) is 1. The van der Waals surface area contributed by atoms with Gasteiger partial charge in [-0.3, -0.25) is 0 Å². The molecule has 5 heteroatoms. The van der Waals surface area contributed by atoms with Gasteiger partial charge in [-0.15, -0.1) is 0 Å². The van der Waals surface area contributed by atoms with Crippen molar-refractivity contribution in [2.24, 2.45) is 11.7 Å². The number of ether oxygens (including phenoxy) is 2. The van der Waals surface area contributed by atoms with Crippen LogP contribution in [-0.2, 0) is 5.79 Å². The van der Waals surface area contributed by atoms with Crippen LogP contribution in [0.5, 0.6) is 11.5 Å². The summed E-state index contributed by atoms with van der Waals surface area (Å²) in [6.45, 7) is 5.11. The maximum atomic E-state index is 6.53. The van der Waals surface area contributed by atoms with Crippen molar-refractivity contribution in [1.29, 1.82) is 0 Å². The SMILES string of the molecule is CC(CCN)N1CCC(C2(c3ccc(Br)cc3)Oc3ccccc3O2)CC1. The van der Waals surface area contributed by atoms with E-state index in [1.165, 1.54) is 0 Å². The van der Waals surface area contributed by atoms with Crippen molar-refractivity contribution in [3.63, 3.8) is 0 Å². The predicted molar refractivity (Wildman–Crippen MR) is 111 cm³/mol. The number of para-hydroxylation sites is 2. The van der Waals surface area contributed by atoms with Gasteiger partial charge in [-0.2, -0.15) is 0 Å². The lowest BCUT2D eigenvalue weighted by molar-refractivity contribution is -0.149. The summed E-state index contributed by atoms with van der Waals surface area (Å²) in [5.41, 5.74) is 6.83. The van der Waals surface area contributed by atoms with Gasteiger partial charge < -0.3 is 20.1 Å². The number of nitrogens with two attached hydrogens (primary N) is 1. The zero-order valence-corrected chi connectivity index (χ0v) is 17.3. The fourth-order valence-electron chi connectivity index (χ4n) is 4.31. The topological polar surface area (TPSA) is 47.7 Å². The van der Waals surface area contributed by atoms with Gasteiger partial charge in [0.05, 0.1) is 0 Å². The van der Waals surface area contributed by atoms with Crippen molar-refractivity contribution in [3.8, 4) is 11.5 Å². The standard InChI is InChI=1S/C22H27BrN2O2/c1-16(10-13-24)25-14-11-18(12-15-25)22(17-6-8-19(23)9-7-17)26-20-4-2-3-5-21(20)27-22/h2-9,16,18H,10-15,24H2,1H3. The second kappa shape index (κ2) is 7.82. The lowest BCUT2D eigenvalue weighted by Gasteiger charge is -2.42. The molecule has 4 rings (SSSR count). The van der Waals surface area contributed by atoms with Gasteiger partial charge >= 0.3 is 0 Å². The van der Waals surface area contributed by atoms with E-state index in [9.17, 15) is 0 Å². The molecule has 27 heavy (non-hydrogen) atoms. The van der Waals surface area contributed by atoms with E-state index >= 15 is 0 Å². The Bertz CT molecular complexity index is 747. The molecule has 0 saturated carbocycles. The number of halogens is 1. The van der Waals surface area contributed by atoms with E-state index in [-0.39, 0.29) is 0 Å². The van der Waals surface area contributed by atoms with Crippen LogP contribution in [0.4, 0.5) is 0 Å². The molecule has 2 aromatic rings. The van der Waals surface area contributed by atoms with Gasteiger partial charge in [0.2, 0.25) is 0 Å². The van der Waals surface area contributed by atoms with Crippen LogP contribution in [0.25, 0.3) is 0 Å². The van der Waals surface area contributed by atoms with Gasteiger partial charge in [-0.25, -0.2) is 0 Å². The monoisotopic (exact) mass is 430 g/mol. The normalized spacial score (nSPS) is 20.6. The summed E-state index contributed by atoms with van der Waals surface area (Å²) < 4.78 is 14.1. The highest BCUT2D eigenvalue weighted by Gasteiger charge is 2.50. The van der Waals surface area contributed by atoms with Crippen molar-refractivity contribution < 1.29 is 9.47 Å². The first-order valence-electron chi connectivity index (χ1n) is 9.79. The Balaban J connectivity index is 1.60. The third kappa shape index (κ3) is 3.60. The molecule has 0 aromatic heterocycles. The molecule has 0 bridgehead atoms. The summed E-state index contributed by atoms with van der Waals surface area (Å²) in [6.07, 6.45) is 3.12. The predicted octanol–water partition coefficient (Wildman–Crippen LogP) is 4.52. The number of likely N-dealkylation sites (tertiary alicyclic amines) is 1. The lowest BCUT2D eigenvalue weighted by atomic mass is 9.83. The molecule has 0 spiro atoms. The third-order valence-electron chi connectivity index (χ3n) is 5.89. The molecular formula is C22H27BrN2O2. The van der Waals surface area contributed by atoms with Gasteiger partial charge in [0.1, 0.15) is 0 Å². The van der Waals surface area contributed by atoms with E-state index in [0.29, 0.717) is 12.0 Å². The maximum absolute atomic E-state index is 6.53. The third-order valence-corrected chi connectivity index (χ3v) is 6.42. The van der Waals surface area contributed by atoms with Crippen LogP contribution in [0, 0.1) is 5.92 Å². The molecule has 0 aliphatic carbocycles. The Morgan fingerprint density at radius 2 is 1.67 bits per heavy atom. The largest absolute Gasteiger partial charge is 0.444 e. The van der Waals surface area contributed by atoms with Crippen molar-refractivity contribution in [1.82, 2.24) is 4.90 Å². The van der Waals surface area contributed by atoms with Crippen molar-refractivity contribution in [2.75, 3.05) is 19.6 Å². The van der Waals surface area contributed by atoms with Gasteiger partial charge in [0, 0.05) is 22.0 Å². The summed E-state index contributed by atoms with van der Waals surface area (Å²) in [4.78, 5) is 2.54. The highest BCUT2D eigenvalue weighted by atomic mass is 79.9. The minimum atomic E-state index is -0.742. The zero-order chi connectivity index (χ0) is 18.9. The van der Waals surface area contributed by atoms with Crippen LogP contribution in [0.15, 0.2) is 53.0 Å². The maximum Gasteiger partial charge on any atom is 0.281 e. The Hall–Kier alpha value is -1.56. The van der Waals surface area contributed by atoms with E-state index in [4.69, 9.17) is 15.2 Å². The number of rotatable bonds is 5. The highest BCUT2D eigenvalue weighted by Crippen LogP contribution is 2.50.